The Balaban J connectivity index is 2.19. The molecule has 8 nitrogen and oxygen atoms in total. The van der Waals surface area contributed by atoms with E-state index in [0.717, 1.165) is 0 Å². The van der Waals surface area contributed by atoms with Crippen LogP contribution in [-0.2, 0) is 14.2 Å². The molecule has 2 unspecified atom stereocenters. The first-order chi connectivity index (χ1) is 9.76. The normalized spacial score (nSPS) is 21.0. The van der Waals surface area contributed by atoms with Gasteiger partial charge in [-0.1, -0.05) is 18.2 Å². The van der Waals surface area contributed by atoms with Crippen molar-refractivity contribution in [2.75, 3.05) is 11.5 Å². The molecule has 0 radical (unpaired) electrons. The molecule has 1 heterocycles. The molecule has 21 heavy (non-hydrogen) atoms. The van der Waals surface area contributed by atoms with Crippen LogP contribution in [0.25, 0.3) is 0 Å². The molecule has 114 valence electrons. The summed E-state index contributed by atoms with van der Waals surface area (Å²) in [6, 6.07) is 5.40. The smallest absolute Gasteiger partial charge is 0.334 e. The number of nitrogens with one attached hydrogen (secondary N) is 2. The number of fused-ring (bicyclic) bond motifs is 1. The number of benzene rings is 1. The fourth-order valence-corrected chi connectivity index (χ4v) is 2.73. The van der Waals surface area contributed by atoms with Gasteiger partial charge in [-0.15, -0.1) is 0 Å². The molecule has 1 aliphatic heterocycles. The third-order valence-electron chi connectivity index (χ3n) is 3.12. The predicted molar refractivity (Wildman–Crippen MR) is 73.9 cm³/mol. The van der Waals surface area contributed by atoms with Crippen LogP contribution in [0.15, 0.2) is 24.3 Å². The number of anilines is 1. The van der Waals surface area contributed by atoms with Crippen LogP contribution in [0.5, 0.6) is 0 Å². The minimum atomic E-state index is -4.45. The topological polar surface area (TPSA) is 136 Å². The number of carbonyl (C=O) groups is 2. The third kappa shape index (κ3) is 4.04. The van der Waals surface area contributed by atoms with E-state index >= 15 is 0 Å². The number of aliphatic carboxylic acids is 1. The van der Waals surface area contributed by atoms with Crippen LogP contribution >= 0.6 is 7.60 Å². The average molecular weight is 314 g/mol. The molecule has 1 aromatic carbocycles. The van der Waals surface area contributed by atoms with Gasteiger partial charge in [0.1, 0.15) is 12.2 Å². The number of para-hydroxylation sites is 1. The molecular weight excluding hydrogens is 299 g/mol. The summed E-state index contributed by atoms with van der Waals surface area (Å²) in [6.45, 7) is 0. The Morgan fingerprint density at radius 3 is 2.62 bits per heavy atom. The van der Waals surface area contributed by atoms with Crippen molar-refractivity contribution in [3.8, 4) is 0 Å². The van der Waals surface area contributed by atoms with Crippen molar-refractivity contribution in [1.82, 2.24) is 5.32 Å². The highest BCUT2D eigenvalue weighted by molar-refractivity contribution is 7.52. The highest BCUT2D eigenvalue weighted by Gasteiger charge is 2.32. The van der Waals surface area contributed by atoms with Gasteiger partial charge in [0.05, 0.1) is 6.04 Å². The minimum absolute atomic E-state index is 0.0965. The summed E-state index contributed by atoms with van der Waals surface area (Å²) in [5, 5.41) is 14.4. The van der Waals surface area contributed by atoms with Crippen molar-refractivity contribution in [2.45, 2.75) is 18.5 Å². The molecule has 0 saturated carbocycles. The van der Waals surface area contributed by atoms with Crippen molar-refractivity contribution in [2.24, 2.45) is 0 Å². The monoisotopic (exact) mass is 314 g/mol. The Bertz CT molecular complexity index is 614. The maximum absolute atomic E-state index is 11.6. The van der Waals surface area contributed by atoms with E-state index < -0.39 is 37.7 Å². The van der Waals surface area contributed by atoms with Crippen LogP contribution in [0, 0.1) is 0 Å². The lowest BCUT2D eigenvalue weighted by Crippen LogP contribution is -2.41. The van der Waals surface area contributed by atoms with Gasteiger partial charge in [-0.05, 0) is 11.6 Å². The number of hydrogen-bond acceptors (Lipinski definition) is 4. The Hall–Kier alpha value is -1.89. The molecule has 2 atom stereocenters. The van der Waals surface area contributed by atoms with Gasteiger partial charge in [-0.2, -0.15) is 0 Å². The van der Waals surface area contributed by atoms with Crippen LogP contribution in [0.4, 0.5) is 5.69 Å². The van der Waals surface area contributed by atoms with E-state index in [1.54, 1.807) is 24.3 Å². The second kappa shape index (κ2) is 5.85. The van der Waals surface area contributed by atoms with Crippen molar-refractivity contribution in [3.63, 3.8) is 0 Å². The van der Waals surface area contributed by atoms with E-state index in [9.17, 15) is 14.2 Å². The van der Waals surface area contributed by atoms with Crippen LogP contribution in [0.3, 0.4) is 0 Å². The van der Waals surface area contributed by atoms with E-state index in [4.69, 9.17) is 14.9 Å². The average Bonchev–Trinajstić information content (AvgIpc) is 2.36. The van der Waals surface area contributed by atoms with Crippen LogP contribution < -0.4 is 10.6 Å². The van der Waals surface area contributed by atoms with Gasteiger partial charge in [-0.3, -0.25) is 9.36 Å². The summed E-state index contributed by atoms with van der Waals surface area (Å²) in [6.07, 6.45) is -0.823. The summed E-state index contributed by atoms with van der Waals surface area (Å²) in [7, 11) is -4.45. The first-order valence-electron chi connectivity index (χ1n) is 6.18. The van der Waals surface area contributed by atoms with Crippen molar-refractivity contribution in [3.05, 3.63) is 29.8 Å². The van der Waals surface area contributed by atoms with Crippen molar-refractivity contribution in [1.29, 1.82) is 0 Å². The van der Waals surface area contributed by atoms with E-state index in [1.165, 1.54) is 0 Å². The Kier molecular flexibility index (Phi) is 4.32. The van der Waals surface area contributed by atoms with Gasteiger partial charge in [0.15, 0.2) is 0 Å². The second-order valence-electron chi connectivity index (χ2n) is 4.80. The van der Waals surface area contributed by atoms with Gasteiger partial charge in [0.25, 0.3) is 0 Å². The molecule has 9 heteroatoms. The number of carboxylic acids is 1. The molecule has 2 rings (SSSR count). The molecule has 0 spiro atoms. The van der Waals surface area contributed by atoms with Crippen molar-refractivity contribution >= 4 is 25.2 Å². The van der Waals surface area contributed by atoms with E-state index in [2.05, 4.69) is 10.6 Å². The SMILES string of the molecule is O=C(CP(=O)(O)O)NC1CC(C(=O)O)Nc2ccccc21. The maximum atomic E-state index is 11.6. The van der Waals surface area contributed by atoms with E-state index in [-0.39, 0.29) is 6.42 Å². The second-order valence-corrected chi connectivity index (χ2v) is 6.45. The van der Waals surface area contributed by atoms with E-state index in [0.29, 0.717) is 11.3 Å². The number of carbonyl (C=O) groups excluding carboxylic acids is 1. The number of carboxylic acid groups (broad SMARTS) is 1. The van der Waals surface area contributed by atoms with Crippen LogP contribution in [0.1, 0.15) is 18.0 Å². The Morgan fingerprint density at radius 2 is 2.00 bits per heavy atom. The Morgan fingerprint density at radius 1 is 1.33 bits per heavy atom. The molecule has 0 bridgehead atoms. The molecular formula is C12H15N2O6P. The van der Waals surface area contributed by atoms with Crippen LogP contribution in [-0.4, -0.2) is 39.0 Å². The molecule has 1 aliphatic rings. The third-order valence-corrected chi connectivity index (χ3v) is 3.82. The van der Waals surface area contributed by atoms with Crippen LogP contribution in [0.2, 0.25) is 0 Å². The fourth-order valence-electron chi connectivity index (χ4n) is 2.27. The largest absolute Gasteiger partial charge is 0.480 e. The standard InChI is InChI=1S/C12H15N2O6P/c15-11(6-21(18,19)20)14-9-5-10(12(16)17)13-8-4-2-1-3-7(8)9/h1-4,9-10,13H,5-6H2,(H,14,15)(H,16,17)(H2,18,19,20). The van der Waals surface area contributed by atoms with Gasteiger partial charge < -0.3 is 25.5 Å². The maximum Gasteiger partial charge on any atom is 0.334 e. The molecule has 5 N–H and O–H groups in total. The molecule has 0 saturated heterocycles. The van der Waals surface area contributed by atoms with Gasteiger partial charge >= 0.3 is 13.6 Å². The van der Waals surface area contributed by atoms with Gasteiger partial charge in [0.2, 0.25) is 5.91 Å². The summed E-state index contributed by atoms with van der Waals surface area (Å²) in [4.78, 5) is 40.4. The number of hydrogen-bond donors (Lipinski definition) is 5. The highest BCUT2D eigenvalue weighted by Crippen LogP contribution is 2.35. The first kappa shape index (κ1) is 15.5. The highest BCUT2D eigenvalue weighted by atomic mass is 31.2. The lowest BCUT2D eigenvalue weighted by atomic mass is 9.93. The molecule has 0 fully saturated rings. The lowest BCUT2D eigenvalue weighted by molar-refractivity contribution is -0.138. The van der Waals surface area contributed by atoms with Gasteiger partial charge in [-0.25, -0.2) is 4.79 Å². The first-order valence-corrected chi connectivity index (χ1v) is 7.98. The zero-order valence-electron chi connectivity index (χ0n) is 10.9. The summed E-state index contributed by atoms with van der Waals surface area (Å²) < 4.78 is 10.8. The van der Waals surface area contributed by atoms with Gasteiger partial charge in [0, 0.05) is 12.1 Å². The quantitative estimate of drug-likeness (QED) is 0.504. The summed E-state index contributed by atoms with van der Waals surface area (Å²) in [5.74, 6) is -1.87. The minimum Gasteiger partial charge on any atom is -0.480 e. The zero-order chi connectivity index (χ0) is 15.6. The van der Waals surface area contributed by atoms with E-state index in [1.807, 2.05) is 0 Å². The summed E-state index contributed by atoms with van der Waals surface area (Å²) in [5.41, 5.74) is 1.27. The predicted octanol–water partition coefficient (Wildman–Crippen LogP) is 0.290. The number of amides is 1. The molecule has 0 aromatic heterocycles. The molecule has 0 aliphatic carbocycles. The fraction of sp³-hybridized carbons (Fsp3) is 0.333. The molecule has 1 aromatic rings. The Labute approximate surface area is 120 Å². The summed E-state index contributed by atoms with van der Waals surface area (Å²) >= 11 is 0. The molecule has 1 amide bonds. The lowest BCUT2D eigenvalue weighted by Gasteiger charge is -2.31. The van der Waals surface area contributed by atoms with Crippen molar-refractivity contribution < 1.29 is 29.0 Å². The zero-order valence-corrected chi connectivity index (χ0v) is 11.8. The number of rotatable bonds is 4.